The van der Waals surface area contributed by atoms with Crippen LogP contribution in [0.3, 0.4) is 0 Å². The van der Waals surface area contributed by atoms with E-state index in [1.165, 1.54) is 18.3 Å². The van der Waals surface area contributed by atoms with Crippen LogP contribution in [0.2, 0.25) is 0 Å². The fourth-order valence-electron chi connectivity index (χ4n) is 2.04. The smallest absolute Gasteiger partial charge is 0.308 e. The third-order valence-electron chi connectivity index (χ3n) is 3.19. The summed E-state index contributed by atoms with van der Waals surface area (Å²) in [4.78, 5) is 24.2. The van der Waals surface area contributed by atoms with E-state index in [2.05, 4.69) is 10.5 Å². The lowest BCUT2D eigenvalue weighted by Crippen LogP contribution is -2.28. The second-order valence-electron chi connectivity index (χ2n) is 4.94. The average molecular weight is 322 g/mol. The van der Waals surface area contributed by atoms with Gasteiger partial charge in [-0.15, -0.1) is 11.3 Å². The zero-order chi connectivity index (χ0) is 16.1. The van der Waals surface area contributed by atoms with Gasteiger partial charge in [-0.2, -0.15) is 0 Å². The fraction of sp³-hybridized carbons (Fsp3) is 0.400. The van der Waals surface area contributed by atoms with Crippen molar-refractivity contribution in [2.75, 3.05) is 0 Å². The number of rotatable bonds is 6. The normalized spacial score (nSPS) is 12.0. The second-order valence-corrected chi connectivity index (χ2v) is 5.92. The summed E-state index contributed by atoms with van der Waals surface area (Å²) in [6.07, 6.45) is 0.0868. The molecule has 0 fully saturated rings. The molecule has 22 heavy (non-hydrogen) atoms. The minimum Gasteiger partial charge on any atom is -0.461 e. The largest absolute Gasteiger partial charge is 0.461 e. The molecule has 118 valence electrons. The lowest BCUT2D eigenvalue weighted by Gasteiger charge is -2.15. The molecule has 2 rings (SSSR count). The van der Waals surface area contributed by atoms with Gasteiger partial charge in [-0.25, -0.2) is 0 Å². The molecule has 2 heterocycles. The van der Waals surface area contributed by atoms with Crippen LogP contribution in [0.5, 0.6) is 0 Å². The molecule has 0 radical (unpaired) electrons. The van der Waals surface area contributed by atoms with E-state index >= 15 is 0 Å². The van der Waals surface area contributed by atoms with E-state index in [-0.39, 0.29) is 30.9 Å². The molecule has 2 aromatic rings. The first kappa shape index (κ1) is 16.2. The van der Waals surface area contributed by atoms with Gasteiger partial charge in [-0.05, 0) is 25.3 Å². The Kier molecular flexibility index (Phi) is 5.32. The van der Waals surface area contributed by atoms with Crippen molar-refractivity contribution in [1.29, 1.82) is 0 Å². The first-order valence-electron chi connectivity index (χ1n) is 6.85. The SMILES string of the molecule is CC(=O)NC(CC(=O)OCc1c(C)noc1C)c1cccs1. The Hall–Kier alpha value is -2.15. The van der Waals surface area contributed by atoms with Crippen LogP contribution in [0, 0.1) is 13.8 Å². The van der Waals surface area contributed by atoms with Gasteiger partial charge >= 0.3 is 5.97 Å². The number of amides is 1. The molecule has 0 bridgehead atoms. The number of hydrogen-bond donors (Lipinski definition) is 1. The van der Waals surface area contributed by atoms with Gasteiger partial charge in [0.15, 0.2) is 0 Å². The molecule has 0 saturated heterocycles. The molecule has 1 unspecified atom stereocenters. The molecule has 0 aliphatic carbocycles. The summed E-state index contributed by atoms with van der Waals surface area (Å²) in [6, 6.07) is 3.39. The molecule has 0 aliphatic heterocycles. The molecule has 0 aliphatic rings. The number of aromatic nitrogens is 1. The highest BCUT2D eigenvalue weighted by atomic mass is 32.1. The molecule has 7 heteroatoms. The Balaban J connectivity index is 1.95. The highest BCUT2D eigenvalue weighted by Crippen LogP contribution is 2.23. The summed E-state index contributed by atoms with van der Waals surface area (Å²) < 4.78 is 10.3. The average Bonchev–Trinajstić information content (AvgIpc) is 3.07. The molecule has 0 saturated carbocycles. The maximum Gasteiger partial charge on any atom is 0.308 e. The molecular weight excluding hydrogens is 304 g/mol. The lowest BCUT2D eigenvalue weighted by molar-refractivity contribution is -0.145. The minimum absolute atomic E-state index is 0.0868. The van der Waals surface area contributed by atoms with E-state index in [1.54, 1.807) is 13.8 Å². The zero-order valence-electron chi connectivity index (χ0n) is 12.7. The number of hydrogen-bond acceptors (Lipinski definition) is 6. The summed E-state index contributed by atoms with van der Waals surface area (Å²) in [7, 11) is 0. The van der Waals surface area contributed by atoms with E-state index in [4.69, 9.17) is 9.26 Å². The number of carbonyl (C=O) groups is 2. The van der Waals surface area contributed by atoms with Crippen molar-refractivity contribution >= 4 is 23.2 Å². The van der Waals surface area contributed by atoms with E-state index in [0.717, 1.165) is 10.4 Å². The van der Waals surface area contributed by atoms with Gasteiger partial charge in [-0.3, -0.25) is 9.59 Å². The lowest BCUT2D eigenvalue weighted by atomic mass is 10.1. The van der Waals surface area contributed by atoms with Gasteiger partial charge in [-0.1, -0.05) is 11.2 Å². The van der Waals surface area contributed by atoms with Crippen LogP contribution >= 0.6 is 11.3 Å². The highest BCUT2D eigenvalue weighted by Gasteiger charge is 2.20. The monoisotopic (exact) mass is 322 g/mol. The van der Waals surface area contributed by atoms with E-state index in [1.807, 2.05) is 17.5 Å². The number of nitrogens with one attached hydrogen (secondary N) is 1. The van der Waals surface area contributed by atoms with Crippen molar-refractivity contribution in [3.8, 4) is 0 Å². The summed E-state index contributed by atoms with van der Waals surface area (Å²) in [5.74, 6) is 0.0750. The number of nitrogens with zero attached hydrogens (tertiary/aromatic N) is 1. The van der Waals surface area contributed by atoms with Crippen molar-refractivity contribution in [2.24, 2.45) is 0 Å². The van der Waals surface area contributed by atoms with E-state index in [0.29, 0.717) is 11.5 Å². The number of thiophene rings is 1. The summed E-state index contributed by atoms with van der Waals surface area (Å²) in [6.45, 7) is 5.12. The number of esters is 1. The van der Waals surface area contributed by atoms with Gasteiger partial charge in [0.2, 0.25) is 5.91 Å². The maximum atomic E-state index is 12.0. The van der Waals surface area contributed by atoms with Crippen LogP contribution in [0.15, 0.2) is 22.0 Å². The Morgan fingerprint density at radius 2 is 2.23 bits per heavy atom. The Bertz CT molecular complexity index is 629. The standard InChI is InChI=1S/C15H18N2O4S/c1-9-12(10(2)21-17-9)8-20-15(19)7-13(16-11(3)18)14-5-4-6-22-14/h4-6,13H,7-8H2,1-3H3,(H,16,18). The van der Waals surface area contributed by atoms with Gasteiger partial charge in [0.05, 0.1) is 23.7 Å². The van der Waals surface area contributed by atoms with Crippen molar-refractivity contribution in [2.45, 2.75) is 39.8 Å². The third-order valence-corrected chi connectivity index (χ3v) is 4.18. The topological polar surface area (TPSA) is 81.4 Å². The van der Waals surface area contributed by atoms with E-state index < -0.39 is 0 Å². The number of aryl methyl sites for hydroxylation is 2. The fourth-order valence-corrected chi connectivity index (χ4v) is 2.82. The van der Waals surface area contributed by atoms with Crippen molar-refractivity contribution < 1.29 is 18.8 Å². The predicted octanol–water partition coefficient (Wildman–Crippen LogP) is 2.66. The molecule has 2 aromatic heterocycles. The molecule has 0 spiro atoms. The van der Waals surface area contributed by atoms with E-state index in [9.17, 15) is 9.59 Å². The van der Waals surface area contributed by atoms with Gasteiger partial charge in [0.25, 0.3) is 0 Å². The Morgan fingerprint density at radius 1 is 1.45 bits per heavy atom. The van der Waals surface area contributed by atoms with Gasteiger partial charge in [0, 0.05) is 11.8 Å². The first-order chi connectivity index (χ1) is 10.5. The third kappa shape index (κ3) is 4.17. The van der Waals surface area contributed by atoms with Crippen LogP contribution in [0.1, 0.15) is 41.3 Å². The maximum absolute atomic E-state index is 12.0. The molecule has 6 nitrogen and oxygen atoms in total. The molecule has 1 amide bonds. The van der Waals surface area contributed by atoms with Crippen LogP contribution in [-0.2, 0) is 20.9 Å². The Morgan fingerprint density at radius 3 is 2.77 bits per heavy atom. The van der Waals surface area contributed by atoms with Crippen molar-refractivity contribution in [1.82, 2.24) is 10.5 Å². The molecule has 1 N–H and O–H groups in total. The highest BCUT2D eigenvalue weighted by molar-refractivity contribution is 7.10. The zero-order valence-corrected chi connectivity index (χ0v) is 13.5. The quantitative estimate of drug-likeness (QED) is 0.827. The minimum atomic E-state index is -0.382. The van der Waals surface area contributed by atoms with Crippen LogP contribution in [0.25, 0.3) is 0 Å². The summed E-state index contributed by atoms with van der Waals surface area (Å²) >= 11 is 1.49. The molecule has 1 atom stereocenters. The van der Waals surface area contributed by atoms with Crippen LogP contribution < -0.4 is 5.32 Å². The van der Waals surface area contributed by atoms with Gasteiger partial charge in [0.1, 0.15) is 12.4 Å². The van der Waals surface area contributed by atoms with Crippen molar-refractivity contribution in [3.63, 3.8) is 0 Å². The number of ether oxygens (including phenoxy) is 1. The number of carbonyl (C=O) groups excluding carboxylic acids is 2. The summed E-state index contributed by atoms with van der Waals surface area (Å²) in [5, 5.41) is 8.48. The van der Waals surface area contributed by atoms with Gasteiger partial charge < -0.3 is 14.6 Å². The second kappa shape index (κ2) is 7.22. The first-order valence-corrected chi connectivity index (χ1v) is 7.73. The molecular formula is C15H18N2O4S. The van der Waals surface area contributed by atoms with Crippen molar-refractivity contribution in [3.05, 3.63) is 39.4 Å². The van der Waals surface area contributed by atoms with Crippen LogP contribution in [0.4, 0.5) is 0 Å². The van der Waals surface area contributed by atoms with Crippen LogP contribution in [-0.4, -0.2) is 17.0 Å². The summed E-state index contributed by atoms with van der Waals surface area (Å²) in [5.41, 5.74) is 1.49. The Labute approximate surface area is 132 Å². The predicted molar refractivity (Wildman–Crippen MR) is 81.3 cm³/mol. The molecule has 0 aromatic carbocycles.